The van der Waals surface area contributed by atoms with Gasteiger partial charge in [0.15, 0.2) is 11.2 Å². The van der Waals surface area contributed by atoms with E-state index in [9.17, 15) is 4.79 Å². The Bertz CT molecular complexity index is 718. The first-order chi connectivity index (χ1) is 9.22. The molecular formula is C13H10N4O2. The zero-order valence-electron chi connectivity index (χ0n) is 10.1. The number of amides is 1. The molecule has 0 aliphatic heterocycles. The second kappa shape index (κ2) is 4.49. The molecule has 0 saturated carbocycles. The van der Waals surface area contributed by atoms with E-state index < -0.39 is 0 Å². The maximum absolute atomic E-state index is 11.0. The van der Waals surface area contributed by atoms with Crippen LogP contribution in [0.25, 0.3) is 22.7 Å². The van der Waals surface area contributed by atoms with Gasteiger partial charge in [0.05, 0.1) is 17.4 Å². The lowest BCUT2D eigenvalue weighted by Crippen LogP contribution is -2.05. The highest BCUT2D eigenvalue weighted by Crippen LogP contribution is 2.24. The zero-order chi connectivity index (χ0) is 13.2. The molecule has 0 aliphatic rings. The largest absolute Gasteiger partial charge is 0.434 e. The summed E-state index contributed by atoms with van der Waals surface area (Å²) in [5.74, 6) is 0.270. The van der Waals surface area contributed by atoms with E-state index in [1.807, 2.05) is 0 Å². The van der Waals surface area contributed by atoms with Crippen molar-refractivity contribution < 1.29 is 9.21 Å². The lowest BCUT2D eigenvalue weighted by molar-refractivity contribution is -0.114. The van der Waals surface area contributed by atoms with Gasteiger partial charge in [0.25, 0.3) is 0 Å². The molecule has 0 bridgehead atoms. The van der Waals surface area contributed by atoms with Gasteiger partial charge in [-0.3, -0.25) is 9.78 Å². The van der Waals surface area contributed by atoms with Crippen LogP contribution < -0.4 is 5.32 Å². The molecule has 19 heavy (non-hydrogen) atoms. The molecule has 0 radical (unpaired) electrons. The molecule has 1 amide bonds. The minimum Gasteiger partial charge on any atom is -0.434 e. The lowest BCUT2D eigenvalue weighted by Gasteiger charge is -2.01. The predicted molar refractivity (Wildman–Crippen MR) is 69.3 cm³/mol. The third kappa shape index (κ3) is 2.28. The van der Waals surface area contributed by atoms with E-state index in [1.165, 1.54) is 6.92 Å². The van der Waals surface area contributed by atoms with Gasteiger partial charge in [0, 0.05) is 19.3 Å². The predicted octanol–water partition coefficient (Wildman–Crippen LogP) is 2.24. The molecule has 6 nitrogen and oxygen atoms in total. The Morgan fingerprint density at radius 1 is 1.37 bits per heavy atom. The van der Waals surface area contributed by atoms with Gasteiger partial charge < -0.3 is 9.73 Å². The molecule has 3 aromatic rings. The second-order valence-electron chi connectivity index (χ2n) is 3.99. The van der Waals surface area contributed by atoms with Gasteiger partial charge >= 0.3 is 0 Å². The second-order valence-corrected chi connectivity index (χ2v) is 3.99. The SMILES string of the molecule is CC(=O)Nc1cncc(-c2nc3ncccc3o2)c1. The highest BCUT2D eigenvalue weighted by molar-refractivity contribution is 5.89. The molecule has 1 N–H and O–H groups in total. The third-order valence-corrected chi connectivity index (χ3v) is 2.47. The minimum absolute atomic E-state index is 0.154. The van der Waals surface area contributed by atoms with Crippen LogP contribution in [0, 0.1) is 0 Å². The number of carbonyl (C=O) groups is 1. The normalized spacial score (nSPS) is 10.6. The molecule has 0 aromatic carbocycles. The standard InChI is InChI=1S/C13H10N4O2/c1-8(18)16-10-5-9(6-14-7-10)13-17-12-11(19-13)3-2-4-15-12/h2-7H,1H3,(H,16,18). The number of anilines is 1. The summed E-state index contributed by atoms with van der Waals surface area (Å²) in [4.78, 5) is 23.4. The number of hydrogen-bond donors (Lipinski definition) is 1. The van der Waals surface area contributed by atoms with Gasteiger partial charge in [-0.1, -0.05) is 0 Å². The van der Waals surface area contributed by atoms with Gasteiger partial charge in [0.2, 0.25) is 11.8 Å². The number of carbonyl (C=O) groups excluding carboxylic acids is 1. The summed E-state index contributed by atoms with van der Waals surface area (Å²) in [5.41, 5.74) is 2.44. The highest BCUT2D eigenvalue weighted by atomic mass is 16.3. The molecule has 0 saturated heterocycles. The molecule has 6 heteroatoms. The Labute approximate surface area is 108 Å². The number of hydrogen-bond acceptors (Lipinski definition) is 5. The Morgan fingerprint density at radius 3 is 3.05 bits per heavy atom. The summed E-state index contributed by atoms with van der Waals surface area (Å²) in [6, 6.07) is 5.33. The van der Waals surface area contributed by atoms with Crippen LogP contribution in [-0.4, -0.2) is 20.9 Å². The van der Waals surface area contributed by atoms with Crippen LogP contribution in [0.5, 0.6) is 0 Å². The molecule has 3 rings (SSSR count). The molecule has 94 valence electrons. The first kappa shape index (κ1) is 11.3. The Morgan fingerprint density at radius 2 is 2.26 bits per heavy atom. The fourth-order valence-corrected chi connectivity index (χ4v) is 1.72. The third-order valence-electron chi connectivity index (χ3n) is 2.47. The number of pyridine rings is 2. The van der Waals surface area contributed by atoms with Crippen molar-refractivity contribution in [3.05, 3.63) is 36.8 Å². The van der Waals surface area contributed by atoms with Crippen molar-refractivity contribution >= 4 is 22.8 Å². The molecular weight excluding hydrogens is 244 g/mol. The van der Waals surface area contributed by atoms with E-state index in [0.717, 1.165) is 0 Å². The van der Waals surface area contributed by atoms with Gasteiger partial charge in [-0.15, -0.1) is 0 Å². The summed E-state index contributed by atoms with van der Waals surface area (Å²) in [7, 11) is 0. The molecule has 0 atom stereocenters. The first-order valence-electron chi connectivity index (χ1n) is 5.67. The Balaban J connectivity index is 2.03. The summed E-state index contributed by atoms with van der Waals surface area (Å²) in [6.45, 7) is 1.44. The minimum atomic E-state index is -0.154. The highest BCUT2D eigenvalue weighted by Gasteiger charge is 2.09. The summed E-state index contributed by atoms with van der Waals surface area (Å²) in [5, 5.41) is 2.66. The number of rotatable bonds is 2. The van der Waals surface area contributed by atoms with Gasteiger partial charge in [0.1, 0.15) is 0 Å². The van der Waals surface area contributed by atoms with E-state index in [-0.39, 0.29) is 5.91 Å². The van der Waals surface area contributed by atoms with Crippen LogP contribution in [0.15, 0.2) is 41.2 Å². The molecule has 0 unspecified atom stereocenters. The monoisotopic (exact) mass is 254 g/mol. The van der Waals surface area contributed by atoms with Gasteiger partial charge in [-0.05, 0) is 18.2 Å². The van der Waals surface area contributed by atoms with Gasteiger partial charge in [-0.2, -0.15) is 4.98 Å². The van der Waals surface area contributed by atoms with Crippen LogP contribution in [0.2, 0.25) is 0 Å². The summed E-state index contributed by atoms with van der Waals surface area (Å²) < 4.78 is 5.59. The van der Waals surface area contributed by atoms with E-state index in [2.05, 4.69) is 20.3 Å². The van der Waals surface area contributed by atoms with Crippen LogP contribution in [-0.2, 0) is 4.79 Å². The first-order valence-corrected chi connectivity index (χ1v) is 5.67. The Hall–Kier alpha value is -2.76. The average molecular weight is 254 g/mol. The van der Waals surface area contributed by atoms with Crippen molar-refractivity contribution in [3.8, 4) is 11.5 Å². The Kier molecular flexibility index (Phi) is 2.68. The topological polar surface area (TPSA) is 80.9 Å². The number of aromatic nitrogens is 3. The summed E-state index contributed by atoms with van der Waals surface area (Å²) >= 11 is 0. The molecule has 0 aliphatic carbocycles. The van der Waals surface area contributed by atoms with Crippen molar-refractivity contribution in [2.75, 3.05) is 5.32 Å². The summed E-state index contributed by atoms with van der Waals surface area (Å²) in [6.07, 6.45) is 4.84. The number of nitrogens with one attached hydrogen (secondary N) is 1. The number of fused-ring (bicyclic) bond motifs is 1. The smallest absolute Gasteiger partial charge is 0.230 e. The van der Waals surface area contributed by atoms with Crippen molar-refractivity contribution in [1.82, 2.24) is 15.0 Å². The van der Waals surface area contributed by atoms with Crippen LogP contribution >= 0.6 is 0 Å². The van der Waals surface area contributed by atoms with E-state index in [1.54, 1.807) is 36.8 Å². The fourth-order valence-electron chi connectivity index (χ4n) is 1.72. The van der Waals surface area contributed by atoms with Crippen molar-refractivity contribution in [3.63, 3.8) is 0 Å². The number of nitrogens with zero attached hydrogens (tertiary/aromatic N) is 3. The molecule has 3 aromatic heterocycles. The molecule has 0 spiro atoms. The molecule has 0 fully saturated rings. The van der Waals surface area contributed by atoms with Crippen molar-refractivity contribution in [1.29, 1.82) is 0 Å². The van der Waals surface area contributed by atoms with Crippen LogP contribution in [0.4, 0.5) is 5.69 Å². The van der Waals surface area contributed by atoms with Crippen molar-refractivity contribution in [2.45, 2.75) is 6.92 Å². The van der Waals surface area contributed by atoms with Crippen molar-refractivity contribution in [2.24, 2.45) is 0 Å². The lowest BCUT2D eigenvalue weighted by atomic mass is 10.2. The maximum atomic E-state index is 11.0. The molecule has 3 heterocycles. The fraction of sp³-hybridized carbons (Fsp3) is 0.0769. The maximum Gasteiger partial charge on any atom is 0.230 e. The van der Waals surface area contributed by atoms with Gasteiger partial charge in [-0.25, -0.2) is 4.98 Å². The zero-order valence-corrected chi connectivity index (χ0v) is 10.1. The van der Waals surface area contributed by atoms with E-state index >= 15 is 0 Å². The number of oxazole rings is 1. The van der Waals surface area contributed by atoms with E-state index in [0.29, 0.717) is 28.4 Å². The van der Waals surface area contributed by atoms with Crippen LogP contribution in [0.3, 0.4) is 0 Å². The average Bonchev–Trinajstić information content (AvgIpc) is 2.82. The quantitative estimate of drug-likeness (QED) is 0.758. The van der Waals surface area contributed by atoms with E-state index in [4.69, 9.17) is 4.42 Å². The van der Waals surface area contributed by atoms with Crippen LogP contribution in [0.1, 0.15) is 6.92 Å².